The molecule has 1 fully saturated rings. The summed E-state index contributed by atoms with van der Waals surface area (Å²) in [5, 5.41) is 3.25. The van der Waals surface area contributed by atoms with Crippen LogP contribution in [0.5, 0.6) is 0 Å². The lowest BCUT2D eigenvalue weighted by Gasteiger charge is -2.20. The lowest BCUT2D eigenvalue weighted by atomic mass is 9.99. The molecule has 1 amide bonds. The van der Waals surface area contributed by atoms with Gasteiger partial charge in [0.05, 0.1) is 5.56 Å². The Bertz CT molecular complexity index is 698. The van der Waals surface area contributed by atoms with E-state index in [0.29, 0.717) is 23.4 Å². The topological polar surface area (TPSA) is 46.4 Å². The quantitative estimate of drug-likeness (QED) is 0.918. The van der Waals surface area contributed by atoms with E-state index in [1.165, 1.54) is 12.8 Å². The summed E-state index contributed by atoms with van der Waals surface area (Å²) in [6.45, 7) is 8.43. The third kappa shape index (κ3) is 3.01. The molecule has 1 aliphatic rings. The highest BCUT2D eigenvalue weighted by Crippen LogP contribution is 2.35. The third-order valence-electron chi connectivity index (χ3n) is 4.42. The van der Waals surface area contributed by atoms with Crippen LogP contribution in [0.1, 0.15) is 54.9 Å². The SMILES string of the molecule is Cc1cc(C)n2ccc(C(=O)NC(CC(C)C)C3CC3)c2n1. The van der Waals surface area contributed by atoms with E-state index in [2.05, 4.69) is 24.1 Å². The summed E-state index contributed by atoms with van der Waals surface area (Å²) in [5.74, 6) is 1.27. The zero-order valence-electron chi connectivity index (χ0n) is 13.9. The molecule has 0 radical (unpaired) electrons. The molecule has 4 heteroatoms. The normalized spacial score (nSPS) is 16.2. The van der Waals surface area contributed by atoms with Gasteiger partial charge in [-0.2, -0.15) is 0 Å². The number of hydrogen-bond donors (Lipinski definition) is 1. The summed E-state index contributed by atoms with van der Waals surface area (Å²) in [6, 6.07) is 4.21. The Kier molecular flexibility index (Phi) is 3.94. The van der Waals surface area contributed by atoms with Gasteiger partial charge in [-0.15, -0.1) is 0 Å². The number of amides is 1. The maximum absolute atomic E-state index is 12.7. The number of hydrogen-bond acceptors (Lipinski definition) is 2. The fraction of sp³-hybridized carbons (Fsp3) is 0.556. The summed E-state index contributed by atoms with van der Waals surface area (Å²) in [6.07, 6.45) is 5.46. The van der Waals surface area contributed by atoms with Crippen molar-refractivity contribution >= 4 is 11.6 Å². The van der Waals surface area contributed by atoms with Crippen LogP contribution >= 0.6 is 0 Å². The van der Waals surface area contributed by atoms with Crippen LogP contribution in [0.2, 0.25) is 0 Å². The molecule has 0 spiro atoms. The first kappa shape index (κ1) is 15.1. The van der Waals surface area contributed by atoms with Gasteiger partial charge in [0.25, 0.3) is 5.91 Å². The van der Waals surface area contributed by atoms with Crippen molar-refractivity contribution in [1.82, 2.24) is 14.7 Å². The number of nitrogens with zero attached hydrogens (tertiary/aromatic N) is 2. The molecule has 1 atom stereocenters. The molecule has 0 saturated heterocycles. The van der Waals surface area contributed by atoms with Crippen molar-refractivity contribution in [3.05, 3.63) is 35.3 Å². The van der Waals surface area contributed by atoms with Crippen LogP contribution in [0.25, 0.3) is 5.65 Å². The molecule has 2 heterocycles. The van der Waals surface area contributed by atoms with E-state index < -0.39 is 0 Å². The minimum absolute atomic E-state index is 0.0116. The molecule has 22 heavy (non-hydrogen) atoms. The molecular weight excluding hydrogens is 274 g/mol. The minimum atomic E-state index is 0.0116. The predicted molar refractivity (Wildman–Crippen MR) is 88.1 cm³/mol. The fourth-order valence-electron chi connectivity index (χ4n) is 3.19. The van der Waals surface area contributed by atoms with Crippen molar-refractivity contribution in [1.29, 1.82) is 0 Å². The van der Waals surface area contributed by atoms with Crippen LogP contribution in [-0.4, -0.2) is 21.3 Å². The minimum Gasteiger partial charge on any atom is -0.349 e. The van der Waals surface area contributed by atoms with Gasteiger partial charge in [-0.05, 0) is 57.1 Å². The van der Waals surface area contributed by atoms with Gasteiger partial charge in [-0.1, -0.05) is 13.8 Å². The molecule has 2 aromatic heterocycles. The van der Waals surface area contributed by atoms with Gasteiger partial charge in [0, 0.05) is 23.6 Å². The largest absolute Gasteiger partial charge is 0.349 e. The Morgan fingerprint density at radius 1 is 1.41 bits per heavy atom. The first-order chi connectivity index (χ1) is 10.5. The molecule has 3 rings (SSSR count). The number of rotatable bonds is 5. The van der Waals surface area contributed by atoms with Crippen molar-refractivity contribution in [3.63, 3.8) is 0 Å². The van der Waals surface area contributed by atoms with E-state index in [1.807, 2.05) is 36.6 Å². The molecule has 1 aliphatic carbocycles. The fourth-order valence-corrected chi connectivity index (χ4v) is 3.19. The van der Waals surface area contributed by atoms with Gasteiger partial charge < -0.3 is 9.72 Å². The van der Waals surface area contributed by atoms with Crippen molar-refractivity contribution < 1.29 is 4.79 Å². The van der Waals surface area contributed by atoms with Gasteiger partial charge in [0.2, 0.25) is 0 Å². The number of aryl methyl sites for hydroxylation is 2. The molecule has 1 unspecified atom stereocenters. The number of aromatic nitrogens is 2. The molecule has 2 aromatic rings. The summed E-state index contributed by atoms with van der Waals surface area (Å²) in [5.41, 5.74) is 3.48. The molecule has 1 N–H and O–H groups in total. The Morgan fingerprint density at radius 3 is 2.77 bits per heavy atom. The Hall–Kier alpha value is -1.84. The summed E-state index contributed by atoms with van der Waals surface area (Å²) in [7, 11) is 0. The van der Waals surface area contributed by atoms with E-state index in [0.717, 1.165) is 23.5 Å². The highest BCUT2D eigenvalue weighted by Gasteiger charge is 2.33. The number of carbonyl (C=O) groups excluding carboxylic acids is 1. The lowest BCUT2D eigenvalue weighted by molar-refractivity contribution is 0.0928. The second-order valence-corrected chi connectivity index (χ2v) is 7.01. The number of fused-ring (bicyclic) bond motifs is 1. The highest BCUT2D eigenvalue weighted by molar-refractivity contribution is 6.00. The monoisotopic (exact) mass is 299 g/mol. The van der Waals surface area contributed by atoms with Crippen LogP contribution in [-0.2, 0) is 0 Å². The van der Waals surface area contributed by atoms with Crippen LogP contribution in [0.15, 0.2) is 18.3 Å². The Balaban J connectivity index is 1.85. The van der Waals surface area contributed by atoms with Crippen LogP contribution < -0.4 is 5.32 Å². The first-order valence-electron chi connectivity index (χ1n) is 8.22. The van der Waals surface area contributed by atoms with Crippen molar-refractivity contribution in [2.75, 3.05) is 0 Å². The van der Waals surface area contributed by atoms with Gasteiger partial charge >= 0.3 is 0 Å². The molecule has 0 aromatic carbocycles. The predicted octanol–water partition coefficient (Wildman–Crippen LogP) is 3.51. The standard InChI is InChI=1S/C18H25N3O/c1-11(2)9-16(14-5-6-14)20-18(22)15-7-8-21-13(4)10-12(3)19-17(15)21/h7-8,10-11,14,16H,5-6,9H2,1-4H3,(H,20,22). The van der Waals surface area contributed by atoms with Crippen LogP contribution in [0.4, 0.5) is 0 Å². The molecule has 0 bridgehead atoms. The van der Waals surface area contributed by atoms with E-state index >= 15 is 0 Å². The number of nitrogens with one attached hydrogen (secondary N) is 1. The summed E-state index contributed by atoms with van der Waals surface area (Å²) in [4.78, 5) is 17.3. The van der Waals surface area contributed by atoms with E-state index in [1.54, 1.807) is 0 Å². The van der Waals surface area contributed by atoms with Gasteiger partial charge in [-0.3, -0.25) is 4.79 Å². The maximum atomic E-state index is 12.7. The lowest BCUT2D eigenvalue weighted by Crippen LogP contribution is -2.37. The average Bonchev–Trinajstić information content (AvgIpc) is 3.17. The molecular formula is C18H25N3O. The van der Waals surface area contributed by atoms with Crippen molar-refractivity contribution in [3.8, 4) is 0 Å². The Morgan fingerprint density at radius 2 is 2.14 bits per heavy atom. The van der Waals surface area contributed by atoms with Crippen molar-refractivity contribution in [2.24, 2.45) is 11.8 Å². The summed E-state index contributed by atoms with van der Waals surface area (Å²) >= 11 is 0. The molecule has 118 valence electrons. The van der Waals surface area contributed by atoms with Crippen molar-refractivity contribution in [2.45, 2.75) is 53.0 Å². The van der Waals surface area contributed by atoms with E-state index in [9.17, 15) is 4.79 Å². The third-order valence-corrected chi connectivity index (χ3v) is 4.42. The highest BCUT2D eigenvalue weighted by atomic mass is 16.1. The zero-order valence-corrected chi connectivity index (χ0v) is 13.9. The van der Waals surface area contributed by atoms with Gasteiger partial charge in [-0.25, -0.2) is 4.98 Å². The second-order valence-electron chi connectivity index (χ2n) is 7.01. The van der Waals surface area contributed by atoms with Crippen LogP contribution in [0.3, 0.4) is 0 Å². The second kappa shape index (κ2) is 5.75. The molecule has 0 aliphatic heterocycles. The average molecular weight is 299 g/mol. The smallest absolute Gasteiger partial charge is 0.255 e. The molecule has 4 nitrogen and oxygen atoms in total. The Labute approximate surface area is 131 Å². The maximum Gasteiger partial charge on any atom is 0.255 e. The number of carbonyl (C=O) groups is 1. The van der Waals surface area contributed by atoms with E-state index in [4.69, 9.17) is 0 Å². The first-order valence-corrected chi connectivity index (χ1v) is 8.22. The zero-order chi connectivity index (χ0) is 15.9. The molecule has 1 saturated carbocycles. The van der Waals surface area contributed by atoms with Gasteiger partial charge in [0.1, 0.15) is 5.65 Å². The van der Waals surface area contributed by atoms with Gasteiger partial charge in [0.15, 0.2) is 0 Å². The van der Waals surface area contributed by atoms with Crippen LogP contribution in [0, 0.1) is 25.7 Å². The summed E-state index contributed by atoms with van der Waals surface area (Å²) < 4.78 is 1.98. The van der Waals surface area contributed by atoms with E-state index in [-0.39, 0.29) is 5.91 Å².